The van der Waals surface area contributed by atoms with Gasteiger partial charge in [0.15, 0.2) is 0 Å². The summed E-state index contributed by atoms with van der Waals surface area (Å²) >= 11 is 0. The Morgan fingerprint density at radius 1 is 1.00 bits per heavy atom. The average molecular weight is 488 g/mol. The van der Waals surface area contributed by atoms with Crippen LogP contribution in [-0.4, -0.2) is 51.0 Å². The van der Waals surface area contributed by atoms with Crippen LogP contribution in [0.1, 0.15) is 50.7 Å². The van der Waals surface area contributed by atoms with E-state index in [-0.39, 0.29) is 17.4 Å². The first-order valence-electron chi connectivity index (χ1n) is 11.8. The molecule has 0 atom stereocenters. The van der Waals surface area contributed by atoms with Crippen LogP contribution in [0.4, 0.5) is 29.1 Å². The monoisotopic (exact) mass is 487 g/mol. The molecule has 4 aromatic rings. The Kier molecular flexibility index (Phi) is 6.78. The Morgan fingerprint density at radius 3 is 2.44 bits per heavy atom. The van der Waals surface area contributed by atoms with Gasteiger partial charge in [0.05, 0.1) is 11.0 Å². The number of anilines is 5. The maximum atomic E-state index is 12.9. The maximum absolute atomic E-state index is 12.9. The highest BCUT2D eigenvalue weighted by molar-refractivity contribution is 5.99. The van der Waals surface area contributed by atoms with Crippen LogP contribution in [0.15, 0.2) is 42.7 Å². The maximum Gasteiger partial charge on any atom is 0.256 e. The Hall–Kier alpha value is -4.21. The Labute approximate surface area is 211 Å². The van der Waals surface area contributed by atoms with Gasteiger partial charge in [-0.05, 0) is 44.2 Å². The second-order valence-corrected chi connectivity index (χ2v) is 10.2. The van der Waals surface area contributed by atoms with Gasteiger partial charge in [-0.25, -0.2) is 9.97 Å². The number of nitrogens with one attached hydrogen (secondary N) is 4. The van der Waals surface area contributed by atoms with Crippen molar-refractivity contribution in [3.8, 4) is 0 Å². The number of carbonyl (C=O) groups is 1. The second-order valence-electron chi connectivity index (χ2n) is 10.2. The third kappa shape index (κ3) is 5.70. The average Bonchev–Trinajstić information content (AvgIpc) is 3.22. The molecule has 0 fully saturated rings. The topological polar surface area (TPSA) is 124 Å². The van der Waals surface area contributed by atoms with Gasteiger partial charge in [-0.3, -0.25) is 9.78 Å². The van der Waals surface area contributed by atoms with Crippen LogP contribution in [0.25, 0.3) is 11.0 Å². The van der Waals surface area contributed by atoms with Crippen molar-refractivity contribution >= 4 is 46.0 Å². The van der Waals surface area contributed by atoms with E-state index in [9.17, 15) is 4.79 Å². The molecule has 0 unspecified atom stereocenters. The molecule has 0 aliphatic heterocycles. The Morgan fingerprint density at radius 2 is 1.75 bits per heavy atom. The van der Waals surface area contributed by atoms with Gasteiger partial charge in [-0.15, -0.1) is 0 Å². The molecule has 4 rings (SSSR count). The number of rotatable bonds is 7. The van der Waals surface area contributed by atoms with Crippen LogP contribution in [0.3, 0.4) is 0 Å². The van der Waals surface area contributed by atoms with Crippen LogP contribution in [-0.2, 0) is 5.41 Å². The number of imidazole rings is 1. The summed E-state index contributed by atoms with van der Waals surface area (Å²) in [6, 6.07) is 9.58. The summed E-state index contributed by atoms with van der Waals surface area (Å²) in [6.45, 7) is 10.1. The molecule has 3 heterocycles. The summed E-state index contributed by atoms with van der Waals surface area (Å²) in [6.07, 6.45) is 3.28. The zero-order valence-electron chi connectivity index (χ0n) is 21.8. The number of fused-ring (bicyclic) bond motifs is 1. The summed E-state index contributed by atoms with van der Waals surface area (Å²) in [7, 11) is 3.87. The van der Waals surface area contributed by atoms with Crippen molar-refractivity contribution < 1.29 is 4.79 Å². The molecule has 10 nitrogen and oxygen atoms in total. The number of H-pyrrole nitrogens is 1. The zero-order valence-corrected chi connectivity index (χ0v) is 21.8. The molecule has 1 aromatic carbocycles. The first-order valence-corrected chi connectivity index (χ1v) is 11.8. The fraction of sp³-hybridized carbons (Fsp3) is 0.346. The van der Waals surface area contributed by atoms with E-state index < -0.39 is 0 Å². The molecular weight excluding hydrogens is 454 g/mol. The zero-order chi connectivity index (χ0) is 26.0. The predicted octanol–water partition coefficient (Wildman–Crippen LogP) is 4.74. The van der Waals surface area contributed by atoms with Crippen molar-refractivity contribution in [3.05, 3.63) is 54.0 Å². The number of amides is 1. The summed E-state index contributed by atoms with van der Waals surface area (Å²) in [5, 5.41) is 9.45. The molecule has 36 heavy (non-hydrogen) atoms. The van der Waals surface area contributed by atoms with E-state index in [1.165, 1.54) is 6.20 Å². The van der Waals surface area contributed by atoms with E-state index in [1.54, 1.807) is 6.20 Å². The number of nitrogens with zero attached hydrogens (tertiary/aromatic N) is 5. The summed E-state index contributed by atoms with van der Waals surface area (Å²) in [5.74, 6) is 1.28. The van der Waals surface area contributed by atoms with Crippen molar-refractivity contribution in [3.63, 3.8) is 0 Å². The molecule has 0 saturated carbocycles. The van der Waals surface area contributed by atoms with Crippen LogP contribution < -0.4 is 20.9 Å². The van der Waals surface area contributed by atoms with Gasteiger partial charge < -0.3 is 25.8 Å². The lowest BCUT2D eigenvalue weighted by atomic mass is 9.91. The first-order chi connectivity index (χ1) is 17.0. The first kappa shape index (κ1) is 24.9. The number of aromatic amines is 1. The number of aromatic nitrogens is 5. The van der Waals surface area contributed by atoms with E-state index in [2.05, 4.69) is 61.6 Å². The molecule has 10 heteroatoms. The van der Waals surface area contributed by atoms with Crippen molar-refractivity contribution in [2.75, 3.05) is 29.6 Å². The molecule has 4 N–H and O–H groups in total. The highest BCUT2D eigenvalue weighted by atomic mass is 16.1. The minimum atomic E-state index is -0.251. The SMILES string of the molecule is CC(C)NC(=O)c1cnc(Nc2ccc3nc(N(C)C)[nH]c3c2)nc1Nc1ccnc(C(C)(C)C)c1. The smallest absolute Gasteiger partial charge is 0.256 e. The predicted molar refractivity (Wildman–Crippen MR) is 145 cm³/mol. The largest absolute Gasteiger partial charge is 0.350 e. The Balaban J connectivity index is 1.67. The van der Waals surface area contributed by atoms with Gasteiger partial charge >= 0.3 is 0 Å². The summed E-state index contributed by atoms with van der Waals surface area (Å²) < 4.78 is 0. The number of hydrogen-bond donors (Lipinski definition) is 4. The third-order valence-corrected chi connectivity index (χ3v) is 5.39. The molecule has 0 spiro atoms. The van der Waals surface area contributed by atoms with Gasteiger partial charge in [-0.2, -0.15) is 4.98 Å². The van der Waals surface area contributed by atoms with Gasteiger partial charge in [0.25, 0.3) is 5.91 Å². The number of hydrogen-bond acceptors (Lipinski definition) is 8. The molecular formula is C26H33N9O. The quantitative estimate of drug-likeness (QED) is 0.295. The molecule has 0 aliphatic rings. The van der Waals surface area contributed by atoms with Crippen molar-refractivity contribution in [1.29, 1.82) is 0 Å². The lowest BCUT2D eigenvalue weighted by Crippen LogP contribution is -2.31. The van der Waals surface area contributed by atoms with Crippen LogP contribution in [0.5, 0.6) is 0 Å². The van der Waals surface area contributed by atoms with E-state index in [4.69, 9.17) is 0 Å². The highest BCUT2D eigenvalue weighted by Crippen LogP contribution is 2.27. The molecule has 1 amide bonds. The van der Waals surface area contributed by atoms with E-state index in [1.807, 2.05) is 63.2 Å². The normalized spacial score (nSPS) is 11.6. The number of benzene rings is 1. The minimum absolute atomic E-state index is 0.0234. The molecule has 0 radical (unpaired) electrons. The highest BCUT2D eigenvalue weighted by Gasteiger charge is 2.19. The van der Waals surface area contributed by atoms with Gasteiger partial charge in [0, 0.05) is 55.0 Å². The lowest BCUT2D eigenvalue weighted by Gasteiger charge is -2.19. The van der Waals surface area contributed by atoms with Gasteiger partial charge in [0.2, 0.25) is 11.9 Å². The Bertz CT molecular complexity index is 1390. The molecule has 0 saturated heterocycles. The fourth-order valence-electron chi connectivity index (χ4n) is 3.51. The minimum Gasteiger partial charge on any atom is -0.350 e. The van der Waals surface area contributed by atoms with Crippen LogP contribution >= 0.6 is 0 Å². The van der Waals surface area contributed by atoms with Crippen LogP contribution in [0.2, 0.25) is 0 Å². The molecule has 188 valence electrons. The van der Waals surface area contributed by atoms with E-state index in [0.29, 0.717) is 17.3 Å². The summed E-state index contributed by atoms with van der Waals surface area (Å²) in [5.41, 5.74) is 4.49. The van der Waals surface area contributed by atoms with Gasteiger partial charge in [0.1, 0.15) is 11.4 Å². The second kappa shape index (κ2) is 9.80. The standard InChI is InChI=1S/C26H33N9O/c1-15(2)29-23(36)18-14-28-24(31-16-8-9-19-20(12-16)33-25(32-19)35(6)7)34-22(18)30-17-10-11-27-21(13-17)26(3,4)5/h8-15H,1-7H3,(H,29,36)(H,32,33)(H2,27,28,30,31,34). The van der Waals surface area contributed by atoms with Crippen molar-refractivity contribution in [1.82, 2.24) is 30.2 Å². The van der Waals surface area contributed by atoms with E-state index >= 15 is 0 Å². The fourth-order valence-corrected chi connectivity index (χ4v) is 3.51. The third-order valence-electron chi connectivity index (χ3n) is 5.39. The lowest BCUT2D eigenvalue weighted by molar-refractivity contribution is 0.0943. The van der Waals surface area contributed by atoms with Crippen molar-refractivity contribution in [2.24, 2.45) is 0 Å². The summed E-state index contributed by atoms with van der Waals surface area (Å²) in [4.78, 5) is 36.2. The van der Waals surface area contributed by atoms with Crippen molar-refractivity contribution in [2.45, 2.75) is 46.1 Å². The number of pyridine rings is 1. The number of carbonyl (C=O) groups excluding carboxylic acids is 1. The molecule has 0 bridgehead atoms. The molecule has 3 aromatic heterocycles. The van der Waals surface area contributed by atoms with Gasteiger partial charge in [-0.1, -0.05) is 20.8 Å². The van der Waals surface area contributed by atoms with E-state index in [0.717, 1.165) is 34.1 Å². The van der Waals surface area contributed by atoms with Crippen LogP contribution in [0, 0.1) is 0 Å². The molecule has 0 aliphatic carbocycles.